The SMILES string of the molecule is COc1ccc(C2(C3=CC=C4c5ccccc5C5=CC=CC3C54)C=Cc3c4c(c5ccc(F)cc5c3O2)-c2ccc(F)cc2C4(C)C)cc1. The van der Waals surface area contributed by atoms with Crippen molar-refractivity contribution in [2.75, 3.05) is 7.11 Å². The molecule has 49 heavy (non-hydrogen) atoms. The highest BCUT2D eigenvalue weighted by atomic mass is 19.1. The van der Waals surface area contributed by atoms with Crippen LogP contribution in [-0.4, -0.2) is 7.11 Å². The molecule has 3 unspecified atom stereocenters. The number of ether oxygens (including phenoxy) is 2. The van der Waals surface area contributed by atoms with Crippen molar-refractivity contribution in [1.29, 1.82) is 0 Å². The molecule has 5 aromatic rings. The summed E-state index contributed by atoms with van der Waals surface area (Å²) < 4.78 is 43.1. The van der Waals surface area contributed by atoms with Crippen LogP contribution in [0.1, 0.15) is 47.2 Å². The summed E-state index contributed by atoms with van der Waals surface area (Å²) in [6.45, 7) is 4.28. The van der Waals surface area contributed by atoms with Crippen molar-refractivity contribution in [1.82, 2.24) is 0 Å². The Bertz CT molecular complexity index is 2460. The van der Waals surface area contributed by atoms with Gasteiger partial charge in [-0.1, -0.05) is 98.8 Å². The summed E-state index contributed by atoms with van der Waals surface area (Å²) in [4.78, 5) is 0. The Morgan fingerprint density at radius 1 is 0.755 bits per heavy atom. The highest BCUT2D eigenvalue weighted by Gasteiger charge is 2.50. The Labute approximate surface area is 284 Å². The Morgan fingerprint density at radius 3 is 2.27 bits per heavy atom. The molecule has 3 atom stereocenters. The van der Waals surface area contributed by atoms with Crippen molar-refractivity contribution in [3.05, 3.63) is 172 Å². The molecule has 1 aliphatic heterocycles. The molecule has 2 nitrogen and oxygen atoms in total. The third-order valence-electron chi connectivity index (χ3n) is 11.5. The molecule has 4 heteroatoms. The molecular weight excluding hydrogens is 610 g/mol. The Morgan fingerprint density at radius 2 is 1.49 bits per heavy atom. The van der Waals surface area contributed by atoms with Gasteiger partial charge >= 0.3 is 0 Å². The Balaban J connectivity index is 1.25. The lowest BCUT2D eigenvalue weighted by molar-refractivity contribution is 0.146. The number of fused-ring (bicyclic) bond motifs is 11. The van der Waals surface area contributed by atoms with Crippen LogP contribution in [0.25, 0.3) is 39.1 Å². The van der Waals surface area contributed by atoms with E-state index in [0.717, 1.165) is 50.1 Å². The minimum atomic E-state index is -1.01. The molecule has 10 rings (SSSR count). The third kappa shape index (κ3) is 3.69. The lowest BCUT2D eigenvalue weighted by Gasteiger charge is -2.44. The van der Waals surface area contributed by atoms with Crippen LogP contribution in [0.4, 0.5) is 8.78 Å². The quantitative estimate of drug-likeness (QED) is 0.195. The lowest BCUT2D eigenvalue weighted by atomic mass is 9.66. The van der Waals surface area contributed by atoms with Gasteiger partial charge in [-0.2, -0.15) is 0 Å². The van der Waals surface area contributed by atoms with Gasteiger partial charge < -0.3 is 9.47 Å². The zero-order valence-corrected chi connectivity index (χ0v) is 27.4. The molecule has 0 amide bonds. The van der Waals surface area contributed by atoms with Crippen LogP contribution >= 0.6 is 0 Å². The summed E-state index contributed by atoms with van der Waals surface area (Å²) in [6, 6.07) is 26.7. The lowest BCUT2D eigenvalue weighted by Crippen LogP contribution is -2.40. The highest BCUT2D eigenvalue weighted by Crippen LogP contribution is 2.61. The van der Waals surface area contributed by atoms with E-state index in [0.29, 0.717) is 11.1 Å². The van der Waals surface area contributed by atoms with Gasteiger partial charge in [0.25, 0.3) is 0 Å². The minimum Gasteiger partial charge on any atom is -0.497 e. The number of halogens is 2. The van der Waals surface area contributed by atoms with Gasteiger partial charge in [-0.25, -0.2) is 8.78 Å². The maximum Gasteiger partial charge on any atom is 0.175 e. The summed E-state index contributed by atoms with van der Waals surface area (Å²) in [5.74, 6) is 0.973. The largest absolute Gasteiger partial charge is 0.497 e. The predicted octanol–water partition coefficient (Wildman–Crippen LogP) is 11.0. The first-order chi connectivity index (χ1) is 23.8. The number of methoxy groups -OCH3 is 1. The van der Waals surface area contributed by atoms with Crippen molar-refractivity contribution < 1.29 is 18.3 Å². The summed E-state index contributed by atoms with van der Waals surface area (Å²) in [7, 11) is 1.67. The summed E-state index contributed by atoms with van der Waals surface area (Å²) >= 11 is 0. The first-order valence-corrected chi connectivity index (χ1v) is 16.8. The first kappa shape index (κ1) is 28.5. The normalized spacial score (nSPS) is 23.0. The highest BCUT2D eigenvalue weighted by molar-refractivity contribution is 6.08. The van der Waals surface area contributed by atoms with E-state index in [4.69, 9.17) is 9.47 Å². The fraction of sp³-hybridized carbons (Fsp3) is 0.156. The van der Waals surface area contributed by atoms with Gasteiger partial charge in [0.2, 0.25) is 0 Å². The van der Waals surface area contributed by atoms with Gasteiger partial charge in [0.15, 0.2) is 5.60 Å². The molecule has 5 aliphatic rings. The minimum absolute atomic E-state index is 0.0294. The predicted molar refractivity (Wildman–Crippen MR) is 192 cm³/mol. The van der Waals surface area contributed by atoms with Crippen LogP contribution in [0.3, 0.4) is 0 Å². The van der Waals surface area contributed by atoms with Crippen LogP contribution in [0.2, 0.25) is 0 Å². The molecule has 0 N–H and O–H groups in total. The third-order valence-corrected chi connectivity index (χ3v) is 11.5. The van der Waals surface area contributed by atoms with Gasteiger partial charge in [-0.15, -0.1) is 0 Å². The van der Waals surface area contributed by atoms with Crippen molar-refractivity contribution in [3.8, 4) is 22.6 Å². The van der Waals surface area contributed by atoms with E-state index in [-0.39, 0.29) is 23.5 Å². The summed E-state index contributed by atoms with van der Waals surface area (Å²) in [6.07, 6.45) is 15.6. The molecule has 0 radical (unpaired) electrons. The van der Waals surface area contributed by atoms with Crippen molar-refractivity contribution in [2.24, 2.45) is 11.8 Å². The summed E-state index contributed by atoms with van der Waals surface area (Å²) in [5.41, 5.74) is 10.6. The maximum absolute atomic E-state index is 15.3. The second-order valence-electron chi connectivity index (χ2n) is 14.2. The van der Waals surface area contributed by atoms with Crippen molar-refractivity contribution in [2.45, 2.75) is 24.9 Å². The van der Waals surface area contributed by atoms with Crippen LogP contribution in [0, 0.1) is 23.5 Å². The molecule has 0 aromatic heterocycles. The fourth-order valence-corrected chi connectivity index (χ4v) is 9.34. The maximum atomic E-state index is 15.3. The fourth-order valence-electron chi connectivity index (χ4n) is 9.34. The number of benzene rings is 5. The average molecular weight is 643 g/mol. The average Bonchev–Trinajstić information content (AvgIpc) is 3.57. The topological polar surface area (TPSA) is 18.5 Å². The van der Waals surface area contributed by atoms with E-state index in [2.05, 4.69) is 92.8 Å². The van der Waals surface area contributed by atoms with E-state index in [9.17, 15) is 4.39 Å². The van der Waals surface area contributed by atoms with Gasteiger partial charge in [0, 0.05) is 33.8 Å². The van der Waals surface area contributed by atoms with Crippen molar-refractivity contribution >= 4 is 28.0 Å². The van der Waals surface area contributed by atoms with E-state index in [1.807, 2.05) is 24.3 Å². The van der Waals surface area contributed by atoms with Crippen LogP contribution in [-0.2, 0) is 11.0 Å². The molecule has 0 bridgehead atoms. The Kier molecular flexibility index (Phi) is 5.70. The van der Waals surface area contributed by atoms with E-state index < -0.39 is 11.0 Å². The zero-order chi connectivity index (χ0) is 33.2. The van der Waals surface area contributed by atoms with Gasteiger partial charge in [-0.3, -0.25) is 0 Å². The van der Waals surface area contributed by atoms with Gasteiger partial charge in [-0.05, 0) is 98.0 Å². The molecular formula is C45H32F2O2. The monoisotopic (exact) mass is 642 g/mol. The van der Waals surface area contributed by atoms with E-state index >= 15 is 4.39 Å². The standard InChI is InChI=1S/C45H32F2O2/c1-44(2)39-24-27(47)14-18-35(39)41-33-17-13-26(46)23-37(33)43-36(42(41)44)21-22-45(49-43,25-11-15-28(48-3)16-12-25)38-20-19-32-30-8-5-4-7-29(30)31-9-6-10-34(38)40(31)32/h4-24,34,40H,1-3H3. The molecule has 0 spiro atoms. The molecule has 4 aliphatic carbocycles. The van der Waals surface area contributed by atoms with Crippen LogP contribution in [0.15, 0.2) is 127 Å². The molecule has 238 valence electrons. The second-order valence-corrected chi connectivity index (χ2v) is 14.2. The molecule has 0 saturated carbocycles. The Hall–Kier alpha value is -5.48. The zero-order valence-electron chi connectivity index (χ0n) is 27.4. The number of rotatable bonds is 3. The number of hydrogen-bond acceptors (Lipinski definition) is 2. The second kappa shape index (κ2) is 9.79. The van der Waals surface area contributed by atoms with Gasteiger partial charge in [0.05, 0.1) is 7.11 Å². The van der Waals surface area contributed by atoms with Crippen LogP contribution in [0.5, 0.6) is 11.5 Å². The smallest absolute Gasteiger partial charge is 0.175 e. The van der Waals surface area contributed by atoms with E-state index in [1.54, 1.807) is 19.2 Å². The van der Waals surface area contributed by atoms with Gasteiger partial charge in [0.1, 0.15) is 23.1 Å². The molecule has 1 heterocycles. The summed E-state index contributed by atoms with van der Waals surface area (Å²) in [5, 5.41) is 1.59. The molecule has 5 aromatic carbocycles. The number of hydrogen-bond donors (Lipinski definition) is 0. The van der Waals surface area contributed by atoms with Crippen LogP contribution < -0.4 is 9.47 Å². The molecule has 0 saturated heterocycles. The molecule has 0 fully saturated rings. The first-order valence-electron chi connectivity index (χ1n) is 16.8. The van der Waals surface area contributed by atoms with Crippen molar-refractivity contribution in [3.63, 3.8) is 0 Å². The number of allylic oxidation sites excluding steroid dienone is 7. The van der Waals surface area contributed by atoms with E-state index in [1.165, 1.54) is 34.4 Å².